The number of unbranched alkanes of at least 4 members (excludes halogenated alkanes) is 12. The molecule has 0 aliphatic carbocycles. The number of halogens is 1. The zero-order chi connectivity index (χ0) is 25.7. The fraction of sp³-hybridized carbons (Fsp3) is 1.00. The molecule has 0 rings (SSSR count). The summed E-state index contributed by atoms with van der Waals surface area (Å²) in [5.41, 5.74) is 0. The molecule has 0 unspecified atom stereocenters. The van der Waals surface area contributed by atoms with Crippen molar-refractivity contribution in [3.63, 3.8) is 0 Å². The average Bonchev–Trinajstić information content (AvgIpc) is 2.85. The Balaban J connectivity index is -0.000000199. The van der Waals surface area contributed by atoms with Crippen LogP contribution in [0.1, 0.15) is 144 Å². The topological polar surface area (TPSA) is 42.3 Å². The van der Waals surface area contributed by atoms with Gasteiger partial charge in [-0.25, -0.2) is 0 Å². The Morgan fingerprint density at radius 1 is 0.364 bits per heavy atom. The van der Waals surface area contributed by atoms with Crippen LogP contribution in [0.2, 0.25) is 0 Å². The molecule has 0 saturated heterocycles. The second-order valence-electron chi connectivity index (χ2n) is 8.44. The Kier molecular flexibility index (Phi) is 62.0. The van der Waals surface area contributed by atoms with Crippen molar-refractivity contribution >= 4 is 9.30 Å². The molecule has 3 nitrogen and oxygen atoms in total. The molecule has 0 spiro atoms. The van der Waals surface area contributed by atoms with Crippen LogP contribution in [0.5, 0.6) is 0 Å². The van der Waals surface area contributed by atoms with E-state index in [-0.39, 0.29) is 0 Å². The molecule has 0 aromatic rings. The molecule has 0 N–H and O–H groups in total. The molecule has 0 amide bonds. The summed E-state index contributed by atoms with van der Waals surface area (Å²) >= 11 is 1.47. The van der Waals surface area contributed by atoms with Crippen LogP contribution in [0.25, 0.3) is 16.0 Å². The first-order chi connectivity index (χ1) is 16.2. The van der Waals surface area contributed by atoms with Crippen molar-refractivity contribution in [2.24, 2.45) is 0 Å². The van der Waals surface area contributed by atoms with Gasteiger partial charge in [-0.15, -0.1) is 26.2 Å². The van der Waals surface area contributed by atoms with Crippen molar-refractivity contribution in [2.45, 2.75) is 144 Å². The molecule has 0 aliphatic heterocycles. The molecule has 200 valence electrons. The van der Waals surface area contributed by atoms with Crippen molar-refractivity contribution in [1.29, 1.82) is 0 Å². The number of hydrogen-bond acceptors (Lipinski definition) is 0. The molecule has 0 fully saturated rings. The van der Waals surface area contributed by atoms with Crippen LogP contribution in [0.4, 0.5) is 0 Å². The quantitative estimate of drug-likeness (QED) is 0.0999. The van der Waals surface area contributed by atoms with E-state index in [2.05, 4.69) is 53.0 Å². The van der Waals surface area contributed by atoms with Crippen molar-refractivity contribution in [3.8, 4) is 0 Å². The molecule has 0 bridgehead atoms. The summed E-state index contributed by atoms with van der Waals surface area (Å²) in [6.45, 7) is 19.4. The number of nitrogens with zero attached hydrogens (tertiary/aromatic N) is 3. The number of rotatable bonds is 22. The van der Waals surface area contributed by atoms with Crippen molar-refractivity contribution < 1.29 is 19.4 Å². The van der Waals surface area contributed by atoms with E-state index in [9.17, 15) is 0 Å². The van der Waals surface area contributed by atoms with E-state index in [0.29, 0.717) is 0 Å². The van der Waals surface area contributed by atoms with Crippen LogP contribution < -0.4 is 0 Å². The molecule has 0 atom stereocenters. The Morgan fingerprint density at radius 3 is 0.758 bits per heavy atom. The first-order valence-electron chi connectivity index (χ1n) is 14.3. The summed E-state index contributed by atoms with van der Waals surface area (Å²) in [5, 5.41) is 13.0. The predicted octanol–water partition coefficient (Wildman–Crippen LogP) is 11.1. The van der Waals surface area contributed by atoms with E-state index in [1.807, 2.05) is 13.8 Å². The molecule has 0 aromatic carbocycles. The van der Waals surface area contributed by atoms with Crippen LogP contribution >= 0.6 is 9.30 Å². The van der Waals surface area contributed by atoms with Crippen LogP contribution in [0.3, 0.4) is 0 Å². The third-order valence-electron chi connectivity index (χ3n) is 5.13. The van der Waals surface area contributed by atoms with Gasteiger partial charge in [0, 0.05) is 0 Å². The molecule has 0 heterocycles. The van der Waals surface area contributed by atoms with Gasteiger partial charge < -0.3 is 16.0 Å². The summed E-state index contributed by atoms with van der Waals surface area (Å²) in [7, 11) is 4.64. The van der Waals surface area contributed by atoms with Gasteiger partial charge in [-0.2, -0.15) is 13.1 Å². The summed E-state index contributed by atoms with van der Waals surface area (Å²) < 4.78 is 0. The minimum atomic E-state index is 0.969. The fourth-order valence-corrected chi connectivity index (χ4v) is 3.05. The maximum atomic E-state index is 4.64. The summed E-state index contributed by atoms with van der Waals surface area (Å²) in [6.07, 6.45) is 21.5. The van der Waals surface area contributed by atoms with Gasteiger partial charge in [0.25, 0.3) is 0 Å². The minimum absolute atomic E-state index is 0.969. The van der Waals surface area contributed by atoms with Crippen LogP contribution in [0, 0.1) is 0 Å². The molecule has 0 aliphatic rings. The SMILES string of the molecule is CCCCCC[N-]CCCCCC.CCCCCC[N-]CCCCCC.CC[N-]CC.[Cl][Ti+3]. The molecule has 0 aromatic heterocycles. The second kappa shape index (κ2) is 49.9. The monoisotopic (exact) mass is 523 g/mol. The normalized spacial score (nSPS) is 9.85. The first-order valence-corrected chi connectivity index (χ1v) is 16.5. The number of hydrogen-bond donors (Lipinski definition) is 0. The van der Waals surface area contributed by atoms with Gasteiger partial charge in [0.05, 0.1) is 0 Å². The van der Waals surface area contributed by atoms with Gasteiger partial charge in [0.1, 0.15) is 0 Å². The van der Waals surface area contributed by atoms with Gasteiger partial charge in [0.15, 0.2) is 0 Å². The molecule has 0 radical (unpaired) electrons. The average molecular weight is 524 g/mol. The second-order valence-corrected chi connectivity index (χ2v) is 8.44. The summed E-state index contributed by atoms with van der Waals surface area (Å²) in [5.74, 6) is 0. The molecular formula is C28H62ClN3Ti. The van der Waals surface area contributed by atoms with E-state index in [0.717, 1.165) is 39.3 Å². The summed E-state index contributed by atoms with van der Waals surface area (Å²) in [6, 6.07) is 0. The van der Waals surface area contributed by atoms with Crippen molar-refractivity contribution in [2.75, 3.05) is 39.3 Å². The maximum absolute atomic E-state index is 4.64. The van der Waals surface area contributed by atoms with E-state index in [4.69, 9.17) is 0 Å². The predicted molar refractivity (Wildman–Crippen MR) is 153 cm³/mol. The van der Waals surface area contributed by atoms with Gasteiger partial charge >= 0.3 is 28.7 Å². The van der Waals surface area contributed by atoms with Gasteiger partial charge in [-0.05, 0) is 0 Å². The van der Waals surface area contributed by atoms with E-state index < -0.39 is 0 Å². The zero-order valence-corrected chi connectivity index (χ0v) is 26.1. The Bertz CT molecular complexity index is 215. The Hall–Kier alpha value is 0.884. The van der Waals surface area contributed by atoms with Gasteiger partial charge in [-0.3, -0.25) is 0 Å². The van der Waals surface area contributed by atoms with Crippen LogP contribution in [-0.2, 0) is 19.4 Å². The van der Waals surface area contributed by atoms with Crippen molar-refractivity contribution in [1.82, 2.24) is 0 Å². The van der Waals surface area contributed by atoms with E-state index in [1.165, 1.54) is 122 Å². The zero-order valence-electron chi connectivity index (χ0n) is 23.8. The summed E-state index contributed by atoms with van der Waals surface area (Å²) in [4.78, 5) is 0. The Labute approximate surface area is 227 Å². The molecule has 5 heteroatoms. The van der Waals surface area contributed by atoms with Crippen LogP contribution in [0.15, 0.2) is 0 Å². The first kappa shape index (κ1) is 41.0. The van der Waals surface area contributed by atoms with Gasteiger partial charge in [0.2, 0.25) is 0 Å². The molecular weight excluding hydrogens is 462 g/mol. The fourth-order valence-electron chi connectivity index (χ4n) is 3.05. The van der Waals surface area contributed by atoms with E-state index in [1.54, 1.807) is 0 Å². The van der Waals surface area contributed by atoms with Gasteiger partial charge in [-0.1, -0.05) is 144 Å². The molecule has 0 saturated carbocycles. The van der Waals surface area contributed by atoms with Crippen LogP contribution in [-0.4, -0.2) is 39.3 Å². The Morgan fingerprint density at radius 2 is 0.606 bits per heavy atom. The third-order valence-corrected chi connectivity index (χ3v) is 5.13. The third kappa shape index (κ3) is 59.9. The standard InChI is InChI=1S/2C12H26N.C4H10N.ClH.Ti/c2*1-3-5-7-9-11-13-12-10-8-6-4-2;1-3-5-4-2;;/h2*3-12H2,1-2H3;3-4H2,1-2H3;1H;/q3*-1;;+4/p-1. The molecule has 33 heavy (non-hydrogen) atoms. The van der Waals surface area contributed by atoms with E-state index >= 15 is 0 Å². The van der Waals surface area contributed by atoms with Crippen molar-refractivity contribution in [3.05, 3.63) is 16.0 Å².